The van der Waals surface area contributed by atoms with E-state index in [9.17, 15) is 0 Å². The molecular weight excluding hydrogens is 248 g/mol. The topological polar surface area (TPSA) is 73.1 Å². The minimum atomic E-state index is 0.335. The van der Waals surface area contributed by atoms with Crippen LogP contribution in [0, 0.1) is 5.92 Å². The summed E-state index contributed by atoms with van der Waals surface area (Å²) >= 11 is 4.99. The minimum Gasteiger partial charge on any atom is -0.389 e. The third-order valence-electron chi connectivity index (χ3n) is 3.27. The molecule has 2 atom stereocenters. The average molecular weight is 266 g/mol. The molecule has 1 saturated heterocycles. The summed E-state index contributed by atoms with van der Waals surface area (Å²) in [4.78, 5) is 0.335. The van der Waals surface area contributed by atoms with Crippen molar-refractivity contribution < 1.29 is 4.74 Å². The van der Waals surface area contributed by atoms with Crippen LogP contribution in [0.15, 0.2) is 12.3 Å². The molecule has 2 rings (SSSR count). The van der Waals surface area contributed by atoms with Gasteiger partial charge in [-0.25, -0.2) is 0 Å². The molecule has 18 heavy (non-hydrogen) atoms. The molecule has 0 saturated carbocycles. The predicted octanol–water partition coefficient (Wildman–Crippen LogP) is 1.34. The van der Waals surface area contributed by atoms with Crippen LogP contribution in [0.2, 0.25) is 0 Å². The first-order valence-corrected chi connectivity index (χ1v) is 6.60. The van der Waals surface area contributed by atoms with E-state index in [0.29, 0.717) is 22.8 Å². The zero-order valence-electron chi connectivity index (χ0n) is 10.4. The fourth-order valence-corrected chi connectivity index (χ4v) is 2.43. The second-order valence-corrected chi connectivity index (χ2v) is 4.84. The van der Waals surface area contributed by atoms with E-state index in [-0.39, 0.29) is 0 Å². The number of nitrogens with two attached hydrogens (primary N) is 1. The summed E-state index contributed by atoms with van der Waals surface area (Å²) in [6, 6.07) is 1.78. The number of hydrogen-bond donors (Lipinski definition) is 2. The van der Waals surface area contributed by atoms with Gasteiger partial charge in [0, 0.05) is 19.1 Å². The summed E-state index contributed by atoms with van der Waals surface area (Å²) in [5.41, 5.74) is 6.39. The van der Waals surface area contributed by atoms with Crippen LogP contribution in [0.3, 0.4) is 0 Å². The first-order chi connectivity index (χ1) is 8.72. The van der Waals surface area contributed by atoms with Crippen molar-refractivity contribution in [1.82, 2.24) is 10.2 Å². The standard InChI is InChI=1S/C12H18N4OS/c1-2-10-8(4-6-17-10)7-14-12-9(11(13)18)3-5-15-16-12/h3,5,8,10H,2,4,6-7H2,1H3,(H2,13,18)(H,14,16). The van der Waals surface area contributed by atoms with Crippen molar-refractivity contribution in [2.24, 2.45) is 11.7 Å². The molecular formula is C12H18N4OS. The monoisotopic (exact) mass is 266 g/mol. The molecule has 0 radical (unpaired) electrons. The summed E-state index contributed by atoms with van der Waals surface area (Å²) in [7, 11) is 0. The molecule has 0 amide bonds. The van der Waals surface area contributed by atoms with Gasteiger partial charge in [0.1, 0.15) is 4.99 Å². The summed E-state index contributed by atoms with van der Waals surface area (Å²) < 4.78 is 5.65. The first-order valence-electron chi connectivity index (χ1n) is 6.19. The Morgan fingerprint density at radius 3 is 3.22 bits per heavy atom. The van der Waals surface area contributed by atoms with Crippen LogP contribution in [0.4, 0.5) is 5.82 Å². The number of thiocarbonyl (C=S) groups is 1. The Labute approximate surface area is 112 Å². The molecule has 0 bridgehead atoms. The largest absolute Gasteiger partial charge is 0.389 e. The molecule has 3 N–H and O–H groups in total. The lowest BCUT2D eigenvalue weighted by Gasteiger charge is -2.18. The van der Waals surface area contributed by atoms with Crippen LogP contribution in [0.5, 0.6) is 0 Å². The van der Waals surface area contributed by atoms with Crippen molar-refractivity contribution in [3.63, 3.8) is 0 Å². The van der Waals surface area contributed by atoms with Crippen molar-refractivity contribution in [2.75, 3.05) is 18.5 Å². The van der Waals surface area contributed by atoms with Crippen LogP contribution in [0.25, 0.3) is 0 Å². The SMILES string of the molecule is CCC1OCCC1CNc1nnccc1C(N)=S. The van der Waals surface area contributed by atoms with Gasteiger partial charge in [0.2, 0.25) is 0 Å². The van der Waals surface area contributed by atoms with Crippen molar-refractivity contribution in [3.05, 3.63) is 17.8 Å². The Morgan fingerprint density at radius 1 is 1.67 bits per heavy atom. The summed E-state index contributed by atoms with van der Waals surface area (Å²) in [6.45, 7) is 3.80. The minimum absolute atomic E-state index is 0.335. The summed E-state index contributed by atoms with van der Waals surface area (Å²) in [6.07, 6.45) is 4.04. The number of nitrogens with zero attached hydrogens (tertiary/aromatic N) is 2. The third kappa shape index (κ3) is 2.94. The molecule has 0 spiro atoms. The van der Waals surface area contributed by atoms with Crippen LogP contribution in [-0.2, 0) is 4.74 Å². The molecule has 98 valence electrons. The Morgan fingerprint density at radius 2 is 2.50 bits per heavy atom. The lowest BCUT2D eigenvalue weighted by molar-refractivity contribution is 0.0900. The number of anilines is 1. The van der Waals surface area contributed by atoms with E-state index >= 15 is 0 Å². The normalized spacial score (nSPS) is 22.9. The van der Waals surface area contributed by atoms with Crippen LogP contribution in [0.1, 0.15) is 25.3 Å². The highest BCUT2D eigenvalue weighted by Gasteiger charge is 2.26. The number of ether oxygens (including phenoxy) is 1. The van der Waals surface area contributed by atoms with Crippen molar-refractivity contribution >= 4 is 23.0 Å². The fraction of sp³-hybridized carbons (Fsp3) is 0.583. The van der Waals surface area contributed by atoms with E-state index < -0.39 is 0 Å². The highest BCUT2D eigenvalue weighted by atomic mass is 32.1. The van der Waals surface area contributed by atoms with Gasteiger partial charge in [-0.1, -0.05) is 19.1 Å². The van der Waals surface area contributed by atoms with Gasteiger partial charge in [-0.15, -0.1) is 5.10 Å². The Kier molecular flexibility index (Phi) is 4.43. The second kappa shape index (κ2) is 6.06. The lowest BCUT2D eigenvalue weighted by atomic mass is 10.00. The molecule has 2 unspecified atom stereocenters. The van der Waals surface area contributed by atoms with Gasteiger partial charge < -0.3 is 15.8 Å². The van der Waals surface area contributed by atoms with E-state index in [1.54, 1.807) is 12.3 Å². The average Bonchev–Trinajstić information content (AvgIpc) is 2.84. The van der Waals surface area contributed by atoms with Gasteiger partial charge in [-0.3, -0.25) is 0 Å². The molecule has 0 aromatic carbocycles. The van der Waals surface area contributed by atoms with Crippen LogP contribution >= 0.6 is 12.2 Å². The highest BCUT2D eigenvalue weighted by molar-refractivity contribution is 7.80. The van der Waals surface area contributed by atoms with Crippen LogP contribution in [-0.4, -0.2) is 34.4 Å². The Hall–Kier alpha value is -1.27. The molecule has 2 heterocycles. The molecule has 0 aliphatic carbocycles. The molecule has 1 aromatic rings. The Bertz CT molecular complexity index is 426. The maximum atomic E-state index is 5.65. The van der Waals surface area contributed by atoms with Crippen molar-refractivity contribution in [1.29, 1.82) is 0 Å². The lowest BCUT2D eigenvalue weighted by Crippen LogP contribution is -2.24. The molecule has 1 aromatic heterocycles. The van der Waals surface area contributed by atoms with Gasteiger partial charge in [0.05, 0.1) is 17.9 Å². The summed E-state index contributed by atoms with van der Waals surface area (Å²) in [5, 5.41) is 11.2. The van der Waals surface area contributed by atoms with Gasteiger partial charge in [-0.2, -0.15) is 5.10 Å². The zero-order valence-corrected chi connectivity index (χ0v) is 11.2. The molecule has 1 aliphatic rings. The van der Waals surface area contributed by atoms with E-state index in [1.165, 1.54) is 0 Å². The van der Waals surface area contributed by atoms with E-state index in [4.69, 9.17) is 22.7 Å². The van der Waals surface area contributed by atoms with Crippen molar-refractivity contribution in [3.8, 4) is 0 Å². The molecule has 1 fully saturated rings. The van der Waals surface area contributed by atoms with Gasteiger partial charge in [-0.05, 0) is 18.9 Å². The molecule has 6 heteroatoms. The predicted molar refractivity (Wildman–Crippen MR) is 74.5 cm³/mol. The molecule has 5 nitrogen and oxygen atoms in total. The fourth-order valence-electron chi connectivity index (χ4n) is 2.27. The quantitative estimate of drug-likeness (QED) is 0.784. The van der Waals surface area contributed by atoms with E-state index in [1.807, 2.05) is 0 Å². The maximum Gasteiger partial charge on any atom is 0.158 e. The van der Waals surface area contributed by atoms with Gasteiger partial charge in [0.25, 0.3) is 0 Å². The highest BCUT2D eigenvalue weighted by Crippen LogP contribution is 2.24. The van der Waals surface area contributed by atoms with Crippen LogP contribution < -0.4 is 11.1 Å². The first kappa shape index (κ1) is 13.2. The molecule has 1 aliphatic heterocycles. The third-order valence-corrected chi connectivity index (χ3v) is 3.49. The Balaban J connectivity index is 2.00. The smallest absolute Gasteiger partial charge is 0.158 e. The summed E-state index contributed by atoms with van der Waals surface area (Å²) in [5.74, 6) is 1.17. The van der Waals surface area contributed by atoms with Gasteiger partial charge >= 0.3 is 0 Å². The van der Waals surface area contributed by atoms with Crippen molar-refractivity contribution in [2.45, 2.75) is 25.9 Å². The van der Waals surface area contributed by atoms with Gasteiger partial charge in [0.15, 0.2) is 5.82 Å². The second-order valence-electron chi connectivity index (χ2n) is 4.40. The maximum absolute atomic E-state index is 5.65. The number of rotatable bonds is 5. The number of aromatic nitrogens is 2. The number of hydrogen-bond acceptors (Lipinski definition) is 5. The zero-order chi connectivity index (χ0) is 13.0. The van der Waals surface area contributed by atoms with E-state index in [0.717, 1.165) is 31.6 Å². The number of nitrogens with one attached hydrogen (secondary N) is 1. The van der Waals surface area contributed by atoms with E-state index in [2.05, 4.69) is 22.4 Å².